The molecular formula is C21H21N3O4. The van der Waals surface area contributed by atoms with E-state index in [0.29, 0.717) is 35.5 Å². The molecule has 0 saturated heterocycles. The molecule has 2 aromatic rings. The Hall–Kier alpha value is -3.48. The summed E-state index contributed by atoms with van der Waals surface area (Å²) in [5.41, 5.74) is 0.886. The summed E-state index contributed by atoms with van der Waals surface area (Å²) in [6.45, 7) is 2.85. The molecule has 1 saturated carbocycles. The van der Waals surface area contributed by atoms with E-state index < -0.39 is 17.2 Å². The van der Waals surface area contributed by atoms with Gasteiger partial charge >= 0.3 is 0 Å². The summed E-state index contributed by atoms with van der Waals surface area (Å²) >= 11 is 0. The van der Waals surface area contributed by atoms with Crippen LogP contribution in [0.5, 0.6) is 0 Å². The Morgan fingerprint density at radius 3 is 1.75 bits per heavy atom. The summed E-state index contributed by atoms with van der Waals surface area (Å²) in [6.07, 6.45) is 0.894. The molecule has 3 rings (SSSR count). The molecule has 3 amide bonds. The second-order valence-electron chi connectivity index (χ2n) is 6.89. The van der Waals surface area contributed by atoms with Gasteiger partial charge in [0.15, 0.2) is 5.78 Å². The van der Waals surface area contributed by atoms with Gasteiger partial charge in [-0.3, -0.25) is 19.2 Å². The fraction of sp³-hybridized carbons (Fsp3) is 0.238. The number of rotatable bonds is 6. The summed E-state index contributed by atoms with van der Waals surface area (Å²) in [5, 5.41) is 8.13. The molecule has 7 heteroatoms. The molecule has 0 aliphatic heterocycles. The van der Waals surface area contributed by atoms with Crippen molar-refractivity contribution in [1.82, 2.24) is 0 Å². The van der Waals surface area contributed by atoms with Crippen molar-refractivity contribution < 1.29 is 19.2 Å². The van der Waals surface area contributed by atoms with Crippen LogP contribution in [0.3, 0.4) is 0 Å². The number of hydrogen-bond acceptors (Lipinski definition) is 4. The molecule has 1 aliphatic rings. The molecular weight excluding hydrogens is 358 g/mol. The molecule has 0 aromatic heterocycles. The normalized spacial score (nSPS) is 13.9. The van der Waals surface area contributed by atoms with Crippen molar-refractivity contribution in [2.45, 2.75) is 26.7 Å². The van der Waals surface area contributed by atoms with Gasteiger partial charge in [-0.1, -0.05) is 18.2 Å². The van der Waals surface area contributed by atoms with Gasteiger partial charge in [-0.25, -0.2) is 0 Å². The van der Waals surface area contributed by atoms with Crippen LogP contribution in [0, 0.1) is 5.41 Å². The lowest BCUT2D eigenvalue weighted by atomic mass is 10.0. The molecule has 28 heavy (non-hydrogen) atoms. The molecule has 2 aromatic carbocycles. The average molecular weight is 379 g/mol. The zero-order valence-corrected chi connectivity index (χ0v) is 15.7. The summed E-state index contributed by atoms with van der Waals surface area (Å²) < 4.78 is 0. The number of anilines is 3. The minimum Gasteiger partial charge on any atom is -0.326 e. The van der Waals surface area contributed by atoms with Gasteiger partial charge in [-0.05, 0) is 50.1 Å². The number of carbonyl (C=O) groups is 4. The zero-order chi connectivity index (χ0) is 20.3. The fourth-order valence-corrected chi connectivity index (χ4v) is 2.88. The minimum atomic E-state index is -1.13. The third-order valence-electron chi connectivity index (χ3n) is 4.59. The van der Waals surface area contributed by atoms with Gasteiger partial charge in [0.1, 0.15) is 5.41 Å². The topological polar surface area (TPSA) is 104 Å². The largest absolute Gasteiger partial charge is 0.326 e. The molecule has 3 N–H and O–H groups in total. The van der Waals surface area contributed by atoms with Crippen molar-refractivity contribution in [2.24, 2.45) is 5.41 Å². The first-order valence-corrected chi connectivity index (χ1v) is 8.92. The lowest BCUT2D eigenvalue weighted by molar-refractivity contribution is -0.131. The van der Waals surface area contributed by atoms with Crippen molar-refractivity contribution >= 4 is 40.6 Å². The van der Waals surface area contributed by atoms with Crippen LogP contribution < -0.4 is 16.0 Å². The van der Waals surface area contributed by atoms with Crippen LogP contribution in [0.2, 0.25) is 0 Å². The maximum atomic E-state index is 12.7. The number of Topliss-reactive ketones (excluding diaryl/α,β-unsaturated/α-hetero) is 1. The highest BCUT2D eigenvalue weighted by molar-refractivity contribution is 6.17. The van der Waals surface area contributed by atoms with Crippen molar-refractivity contribution in [1.29, 1.82) is 0 Å². The molecule has 144 valence electrons. The molecule has 0 bridgehead atoms. The fourth-order valence-electron chi connectivity index (χ4n) is 2.88. The van der Waals surface area contributed by atoms with Crippen molar-refractivity contribution in [3.8, 4) is 0 Å². The molecule has 0 radical (unpaired) electrons. The molecule has 1 aliphatic carbocycles. The highest BCUT2D eigenvalue weighted by atomic mass is 16.2. The maximum Gasteiger partial charge on any atom is 0.240 e. The number of benzene rings is 2. The van der Waals surface area contributed by atoms with Crippen LogP contribution in [0.4, 0.5) is 17.1 Å². The molecule has 0 unspecified atom stereocenters. The minimum absolute atomic E-state index is 0.103. The van der Waals surface area contributed by atoms with Gasteiger partial charge in [0.2, 0.25) is 17.7 Å². The standard InChI is InChI=1S/C21H21N3O4/c1-13(25)15-5-3-6-16(11-15)23-19(27)21(9-10-21)20(28)24-18-8-4-7-17(12-18)22-14(2)26/h3-8,11-12H,9-10H2,1-2H3,(H,22,26)(H,23,27)(H,24,28). The number of hydrogen-bond donors (Lipinski definition) is 3. The highest BCUT2D eigenvalue weighted by Crippen LogP contribution is 2.47. The van der Waals surface area contributed by atoms with Gasteiger partial charge in [-0.2, -0.15) is 0 Å². The quantitative estimate of drug-likeness (QED) is 0.529. The maximum absolute atomic E-state index is 12.7. The van der Waals surface area contributed by atoms with Gasteiger partial charge in [-0.15, -0.1) is 0 Å². The second-order valence-corrected chi connectivity index (χ2v) is 6.89. The SMILES string of the molecule is CC(=O)Nc1cccc(NC(=O)C2(C(=O)Nc3cccc(C(C)=O)c3)CC2)c1. The van der Waals surface area contributed by atoms with Crippen LogP contribution in [0.1, 0.15) is 37.0 Å². The smallest absolute Gasteiger partial charge is 0.240 e. The zero-order valence-electron chi connectivity index (χ0n) is 15.7. The highest BCUT2D eigenvalue weighted by Gasteiger charge is 2.56. The van der Waals surface area contributed by atoms with Gasteiger partial charge in [0, 0.05) is 29.5 Å². The van der Waals surface area contributed by atoms with Crippen molar-refractivity contribution in [3.05, 3.63) is 54.1 Å². The lowest BCUT2D eigenvalue weighted by Crippen LogP contribution is -2.35. The first kappa shape index (κ1) is 19.3. The van der Waals surface area contributed by atoms with E-state index >= 15 is 0 Å². The van der Waals surface area contributed by atoms with E-state index in [-0.39, 0.29) is 11.7 Å². The Labute approximate surface area is 162 Å². The summed E-state index contributed by atoms with van der Waals surface area (Å²) in [5.74, 6) is -1.11. The average Bonchev–Trinajstić information content (AvgIpc) is 3.43. The Balaban J connectivity index is 1.70. The number of nitrogens with one attached hydrogen (secondary N) is 3. The van der Waals surface area contributed by atoms with Crippen molar-refractivity contribution in [3.63, 3.8) is 0 Å². The van der Waals surface area contributed by atoms with Gasteiger partial charge in [0.25, 0.3) is 0 Å². The molecule has 0 atom stereocenters. The molecule has 0 spiro atoms. The summed E-state index contributed by atoms with van der Waals surface area (Å²) in [7, 11) is 0. The van der Waals surface area contributed by atoms with Gasteiger partial charge in [0.05, 0.1) is 0 Å². The van der Waals surface area contributed by atoms with E-state index in [4.69, 9.17) is 0 Å². The van der Waals surface area contributed by atoms with E-state index in [9.17, 15) is 19.2 Å². The molecule has 0 heterocycles. The van der Waals surface area contributed by atoms with E-state index in [1.165, 1.54) is 13.8 Å². The first-order valence-electron chi connectivity index (χ1n) is 8.92. The summed E-state index contributed by atoms with van der Waals surface area (Å²) in [4.78, 5) is 48.1. The lowest BCUT2D eigenvalue weighted by Gasteiger charge is -2.16. The second kappa shape index (κ2) is 7.64. The Morgan fingerprint density at radius 2 is 1.25 bits per heavy atom. The predicted octanol–water partition coefficient (Wildman–Crippen LogP) is 3.21. The predicted molar refractivity (Wildman–Crippen MR) is 106 cm³/mol. The molecule has 1 fully saturated rings. The van der Waals surface area contributed by atoms with Crippen molar-refractivity contribution in [2.75, 3.05) is 16.0 Å². The van der Waals surface area contributed by atoms with Crippen LogP contribution in [0.25, 0.3) is 0 Å². The number of ketones is 1. The Morgan fingerprint density at radius 1 is 0.750 bits per heavy atom. The number of carbonyl (C=O) groups excluding carboxylic acids is 4. The van der Waals surface area contributed by atoms with E-state index in [1.54, 1.807) is 48.5 Å². The Kier molecular flexibility index (Phi) is 5.26. The summed E-state index contributed by atoms with van der Waals surface area (Å²) in [6, 6.07) is 13.3. The first-order chi connectivity index (χ1) is 13.3. The monoisotopic (exact) mass is 379 g/mol. The van der Waals surface area contributed by atoms with E-state index in [1.807, 2.05) is 0 Å². The van der Waals surface area contributed by atoms with Crippen LogP contribution in [-0.2, 0) is 14.4 Å². The number of amides is 3. The van der Waals surface area contributed by atoms with Gasteiger partial charge < -0.3 is 16.0 Å². The molecule has 7 nitrogen and oxygen atoms in total. The third-order valence-corrected chi connectivity index (χ3v) is 4.59. The van der Waals surface area contributed by atoms with Crippen LogP contribution in [-0.4, -0.2) is 23.5 Å². The Bertz CT molecular complexity index is 964. The van der Waals surface area contributed by atoms with Crippen LogP contribution >= 0.6 is 0 Å². The van der Waals surface area contributed by atoms with E-state index in [0.717, 1.165) is 0 Å². The van der Waals surface area contributed by atoms with Crippen LogP contribution in [0.15, 0.2) is 48.5 Å². The van der Waals surface area contributed by atoms with E-state index in [2.05, 4.69) is 16.0 Å². The third kappa shape index (κ3) is 4.25.